The molecular formula is C21H22ClN3O2. The molecule has 1 aliphatic rings. The summed E-state index contributed by atoms with van der Waals surface area (Å²) in [5, 5.41) is 8.82. The highest BCUT2D eigenvalue weighted by atomic mass is 35.5. The number of ether oxygens (including phenoxy) is 1. The standard InChI is InChI=1S/C21H22ClN3O2/c1-15-6-5-11-25(13-15)18-9-2-3-10-19(18)26-14-20-23-24-21(27-20)16-7-4-8-17(22)12-16/h2-4,7-10,12,15H,5-6,11,13-14H2,1H3/t15-/m0/s1. The van der Waals surface area contributed by atoms with Gasteiger partial charge in [0.05, 0.1) is 5.69 Å². The molecule has 1 saturated heterocycles. The van der Waals surface area contributed by atoms with Gasteiger partial charge in [0.2, 0.25) is 5.89 Å². The van der Waals surface area contributed by atoms with E-state index in [1.165, 1.54) is 12.8 Å². The van der Waals surface area contributed by atoms with Gasteiger partial charge in [0.15, 0.2) is 6.61 Å². The number of hydrogen-bond acceptors (Lipinski definition) is 5. The van der Waals surface area contributed by atoms with E-state index in [2.05, 4.69) is 28.1 Å². The van der Waals surface area contributed by atoms with Gasteiger partial charge in [-0.3, -0.25) is 0 Å². The van der Waals surface area contributed by atoms with E-state index in [4.69, 9.17) is 20.8 Å². The molecule has 1 aliphatic heterocycles. The Bertz CT molecular complexity index is 912. The van der Waals surface area contributed by atoms with Crippen LogP contribution in [0.3, 0.4) is 0 Å². The number of anilines is 1. The Labute approximate surface area is 163 Å². The first kappa shape index (κ1) is 17.9. The van der Waals surface area contributed by atoms with E-state index in [0.717, 1.165) is 30.1 Å². The molecule has 5 nitrogen and oxygen atoms in total. The third kappa shape index (κ3) is 4.25. The maximum absolute atomic E-state index is 6.02. The Morgan fingerprint density at radius 2 is 2.07 bits per heavy atom. The van der Waals surface area contributed by atoms with E-state index in [0.29, 0.717) is 22.7 Å². The van der Waals surface area contributed by atoms with Crippen molar-refractivity contribution in [1.29, 1.82) is 0 Å². The van der Waals surface area contributed by atoms with Crippen LogP contribution in [-0.4, -0.2) is 23.3 Å². The molecule has 140 valence electrons. The molecule has 0 saturated carbocycles. The second-order valence-corrected chi connectivity index (χ2v) is 7.40. The van der Waals surface area contributed by atoms with Crippen LogP contribution >= 0.6 is 11.6 Å². The van der Waals surface area contributed by atoms with Crippen molar-refractivity contribution in [3.8, 4) is 17.2 Å². The summed E-state index contributed by atoms with van der Waals surface area (Å²) >= 11 is 6.02. The number of para-hydroxylation sites is 2. The normalized spacial score (nSPS) is 17.1. The number of hydrogen-bond donors (Lipinski definition) is 0. The second-order valence-electron chi connectivity index (χ2n) is 6.96. The number of aromatic nitrogens is 2. The summed E-state index contributed by atoms with van der Waals surface area (Å²) in [4.78, 5) is 2.40. The van der Waals surface area contributed by atoms with Crippen LogP contribution in [0, 0.1) is 5.92 Å². The number of halogens is 1. The van der Waals surface area contributed by atoms with Gasteiger partial charge >= 0.3 is 0 Å². The average molecular weight is 384 g/mol. The zero-order valence-corrected chi connectivity index (χ0v) is 16.0. The van der Waals surface area contributed by atoms with Crippen molar-refractivity contribution in [1.82, 2.24) is 10.2 Å². The van der Waals surface area contributed by atoms with Crippen molar-refractivity contribution in [2.45, 2.75) is 26.4 Å². The minimum atomic E-state index is 0.230. The molecule has 2 aromatic carbocycles. The summed E-state index contributed by atoms with van der Waals surface area (Å²) in [6, 6.07) is 15.5. The number of benzene rings is 2. The zero-order valence-electron chi connectivity index (χ0n) is 15.3. The minimum absolute atomic E-state index is 0.230. The van der Waals surface area contributed by atoms with Gasteiger partial charge in [0.25, 0.3) is 5.89 Å². The molecule has 0 spiro atoms. The predicted molar refractivity (Wildman–Crippen MR) is 106 cm³/mol. The largest absolute Gasteiger partial charge is 0.482 e. The van der Waals surface area contributed by atoms with Crippen molar-refractivity contribution in [3.05, 3.63) is 59.4 Å². The van der Waals surface area contributed by atoms with E-state index in [-0.39, 0.29) is 6.61 Å². The van der Waals surface area contributed by atoms with E-state index in [9.17, 15) is 0 Å². The summed E-state index contributed by atoms with van der Waals surface area (Å²) < 4.78 is 11.7. The Morgan fingerprint density at radius 1 is 1.19 bits per heavy atom. The molecule has 27 heavy (non-hydrogen) atoms. The van der Waals surface area contributed by atoms with Crippen molar-refractivity contribution in [2.75, 3.05) is 18.0 Å². The molecule has 1 aromatic heterocycles. The highest BCUT2D eigenvalue weighted by Gasteiger charge is 2.19. The lowest BCUT2D eigenvalue weighted by atomic mass is 9.99. The summed E-state index contributed by atoms with van der Waals surface area (Å²) in [5.41, 5.74) is 1.92. The molecule has 0 bridgehead atoms. The van der Waals surface area contributed by atoms with Crippen molar-refractivity contribution < 1.29 is 9.15 Å². The van der Waals surface area contributed by atoms with Crippen molar-refractivity contribution >= 4 is 17.3 Å². The van der Waals surface area contributed by atoms with E-state index >= 15 is 0 Å². The molecule has 0 radical (unpaired) electrons. The van der Waals surface area contributed by atoms with Crippen molar-refractivity contribution in [2.24, 2.45) is 5.92 Å². The third-order valence-corrected chi connectivity index (χ3v) is 4.99. The lowest BCUT2D eigenvalue weighted by Gasteiger charge is -2.33. The van der Waals surface area contributed by atoms with Gasteiger partial charge in [-0.05, 0) is 49.1 Å². The van der Waals surface area contributed by atoms with Gasteiger partial charge in [0.1, 0.15) is 5.75 Å². The number of nitrogens with zero attached hydrogens (tertiary/aromatic N) is 3. The highest BCUT2D eigenvalue weighted by Crippen LogP contribution is 2.32. The molecule has 1 atom stereocenters. The van der Waals surface area contributed by atoms with Crippen molar-refractivity contribution in [3.63, 3.8) is 0 Å². The third-order valence-electron chi connectivity index (χ3n) is 4.75. The number of piperidine rings is 1. The molecule has 3 aromatic rings. The maximum atomic E-state index is 6.02. The summed E-state index contributed by atoms with van der Waals surface area (Å²) in [6.07, 6.45) is 2.50. The van der Waals surface area contributed by atoms with Gasteiger partial charge in [0, 0.05) is 23.7 Å². The molecular weight excluding hydrogens is 362 g/mol. The first-order chi connectivity index (χ1) is 13.2. The molecule has 4 rings (SSSR count). The molecule has 0 amide bonds. The van der Waals surface area contributed by atoms with Gasteiger partial charge < -0.3 is 14.1 Å². The van der Waals surface area contributed by atoms with Gasteiger partial charge in [-0.15, -0.1) is 10.2 Å². The lowest BCUT2D eigenvalue weighted by molar-refractivity contribution is 0.264. The number of rotatable bonds is 5. The molecule has 6 heteroatoms. The molecule has 1 fully saturated rings. The SMILES string of the molecule is C[C@H]1CCCN(c2ccccc2OCc2nnc(-c3cccc(Cl)c3)o2)C1. The molecule has 2 heterocycles. The van der Waals surface area contributed by atoms with E-state index in [1.807, 2.05) is 36.4 Å². The van der Waals surface area contributed by atoms with Gasteiger partial charge in [-0.1, -0.05) is 36.7 Å². The topological polar surface area (TPSA) is 51.4 Å². The molecule has 0 N–H and O–H groups in total. The Kier molecular flexibility index (Phi) is 5.30. The fourth-order valence-corrected chi connectivity index (χ4v) is 3.63. The monoisotopic (exact) mass is 383 g/mol. The smallest absolute Gasteiger partial charge is 0.254 e. The Balaban J connectivity index is 1.47. The predicted octanol–water partition coefficient (Wildman–Crippen LogP) is 5.21. The van der Waals surface area contributed by atoms with Crippen LogP contribution in [-0.2, 0) is 6.61 Å². The summed E-state index contributed by atoms with van der Waals surface area (Å²) in [5.74, 6) is 2.41. The van der Waals surface area contributed by atoms with Crippen LogP contribution in [0.15, 0.2) is 52.9 Å². The first-order valence-electron chi connectivity index (χ1n) is 9.24. The molecule has 0 unspecified atom stereocenters. The second kappa shape index (κ2) is 8.01. The zero-order chi connectivity index (χ0) is 18.6. The summed E-state index contributed by atoms with van der Waals surface area (Å²) in [7, 11) is 0. The Morgan fingerprint density at radius 3 is 2.93 bits per heavy atom. The first-order valence-corrected chi connectivity index (χ1v) is 9.62. The van der Waals surface area contributed by atoms with E-state index < -0.39 is 0 Å². The average Bonchev–Trinajstić information content (AvgIpc) is 3.16. The van der Waals surface area contributed by atoms with Gasteiger partial charge in [-0.2, -0.15) is 0 Å². The fourth-order valence-electron chi connectivity index (χ4n) is 3.44. The Hall–Kier alpha value is -2.53. The van der Waals surface area contributed by atoms with Crippen LogP contribution in [0.5, 0.6) is 5.75 Å². The molecule has 0 aliphatic carbocycles. The van der Waals surface area contributed by atoms with Crippen LogP contribution in [0.4, 0.5) is 5.69 Å². The van der Waals surface area contributed by atoms with Gasteiger partial charge in [-0.25, -0.2) is 0 Å². The fraction of sp³-hybridized carbons (Fsp3) is 0.333. The quantitative estimate of drug-likeness (QED) is 0.605. The highest BCUT2D eigenvalue weighted by molar-refractivity contribution is 6.30. The minimum Gasteiger partial charge on any atom is -0.482 e. The maximum Gasteiger partial charge on any atom is 0.254 e. The van der Waals surface area contributed by atoms with Crippen LogP contribution in [0.25, 0.3) is 11.5 Å². The van der Waals surface area contributed by atoms with E-state index in [1.54, 1.807) is 6.07 Å². The van der Waals surface area contributed by atoms with Crippen LogP contribution < -0.4 is 9.64 Å². The van der Waals surface area contributed by atoms with Crippen LogP contribution in [0.1, 0.15) is 25.7 Å². The van der Waals surface area contributed by atoms with Crippen LogP contribution in [0.2, 0.25) is 5.02 Å². The summed E-state index contributed by atoms with van der Waals surface area (Å²) in [6.45, 7) is 4.64. The lowest BCUT2D eigenvalue weighted by Crippen LogP contribution is -2.34.